The summed E-state index contributed by atoms with van der Waals surface area (Å²) in [6, 6.07) is 5.44. The highest BCUT2D eigenvalue weighted by atomic mass is 32.2. The van der Waals surface area contributed by atoms with Gasteiger partial charge < -0.3 is 10.8 Å². The average molecular weight is 225 g/mol. The van der Waals surface area contributed by atoms with E-state index in [2.05, 4.69) is 6.92 Å². The lowest BCUT2D eigenvalue weighted by molar-refractivity contribution is 0.478. The van der Waals surface area contributed by atoms with Gasteiger partial charge in [-0.1, -0.05) is 25.8 Å². The molecule has 0 spiro atoms. The molecule has 0 aliphatic rings. The van der Waals surface area contributed by atoms with Gasteiger partial charge in [0.25, 0.3) is 0 Å². The van der Waals surface area contributed by atoms with Gasteiger partial charge in [-0.25, -0.2) is 0 Å². The molecule has 0 radical (unpaired) electrons. The van der Waals surface area contributed by atoms with Crippen LogP contribution in [0.25, 0.3) is 0 Å². The average Bonchev–Trinajstić information content (AvgIpc) is 2.23. The molecule has 84 valence electrons. The number of hydrogen-bond acceptors (Lipinski definition) is 3. The van der Waals surface area contributed by atoms with Crippen LogP contribution in [0.5, 0.6) is 5.75 Å². The van der Waals surface area contributed by atoms with E-state index in [0.29, 0.717) is 5.69 Å². The second-order valence-electron chi connectivity index (χ2n) is 3.65. The van der Waals surface area contributed by atoms with E-state index in [4.69, 9.17) is 5.73 Å². The molecule has 0 fully saturated rings. The van der Waals surface area contributed by atoms with Gasteiger partial charge in [0.1, 0.15) is 5.75 Å². The van der Waals surface area contributed by atoms with Crippen molar-refractivity contribution in [1.82, 2.24) is 0 Å². The number of hydrogen-bond donors (Lipinski definition) is 2. The third-order valence-corrected chi connectivity index (χ3v) is 3.37. The van der Waals surface area contributed by atoms with Gasteiger partial charge in [0, 0.05) is 5.75 Å². The summed E-state index contributed by atoms with van der Waals surface area (Å²) in [5, 5.41) is 9.25. The van der Waals surface area contributed by atoms with Crippen molar-refractivity contribution in [3.63, 3.8) is 0 Å². The minimum Gasteiger partial charge on any atom is -0.506 e. The summed E-state index contributed by atoms with van der Waals surface area (Å²) in [7, 11) is 0. The predicted molar refractivity (Wildman–Crippen MR) is 68.2 cm³/mol. The number of nitrogen functional groups attached to an aromatic ring is 1. The number of nitrogens with two attached hydrogens (primary N) is 1. The van der Waals surface area contributed by atoms with E-state index >= 15 is 0 Å². The molecule has 0 heterocycles. The SMILES string of the molecule is CCCCCSCc1ccc(O)c(N)c1. The molecular weight excluding hydrogens is 206 g/mol. The van der Waals surface area contributed by atoms with Crippen LogP contribution in [0.4, 0.5) is 5.69 Å². The predicted octanol–water partition coefficient (Wildman–Crippen LogP) is 3.40. The fourth-order valence-electron chi connectivity index (χ4n) is 1.34. The van der Waals surface area contributed by atoms with Crippen LogP contribution in [-0.4, -0.2) is 10.9 Å². The van der Waals surface area contributed by atoms with Crippen LogP contribution in [0.3, 0.4) is 0 Å². The minimum atomic E-state index is 0.176. The number of phenols is 1. The Morgan fingerprint density at radius 3 is 2.80 bits per heavy atom. The van der Waals surface area contributed by atoms with Crippen molar-refractivity contribution in [1.29, 1.82) is 0 Å². The number of anilines is 1. The number of thioether (sulfide) groups is 1. The molecule has 2 nitrogen and oxygen atoms in total. The van der Waals surface area contributed by atoms with Crippen molar-refractivity contribution in [2.24, 2.45) is 0 Å². The van der Waals surface area contributed by atoms with E-state index < -0.39 is 0 Å². The molecule has 0 saturated carbocycles. The van der Waals surface area contributed by atoms with E-state index in [9.17, 15) is 5.11 Å². The van der Waals surface area contributed by atoms with Crippen molar-refractivity contribution in [3.05, 3.63) is 23.8 Å². The highest BCUT2D eigenvalue weighted by Crippen LogP contribution is 2.23. The zero-order valence-electron chi connectivity index (χ0n) is 9.20. The van der Waals surface area contributed by atoms with Gasteiger partial charge in [0.15, 0.2) is 0 Å². The van der Waals surface area contributed by atoms with Crippen molar-refractivity contribution < 1.29 is 5.11 Å². The Labute approximate surface area is 95.9 Å². The first kappa shape index (κ1) is 12.2. The third-order valence-electron chi connectivity index (χ3n) is 2.25. The first-order valence-electron chi connectivity index (χ1n) is 5.39. The van der Waals surface area contributed by atoms with E-state index in [1.807, 2.05) is 23.9 Å². The Morgan fingerprint density at radius 1 is 1.33 bits per heavy atom. The first-order valence-corrected chi connectivity index (χ1v) is 6.54. The maximum atomic E-state index is 9.25. The monoisotopic (exact) mass is 225 g/mol. The molecule has 0 bridgehead atoms. The summed E-state index contributed by atoms with van der Waals surface area (Å²) in [6.07, 6.45) is 3.87. The van der Waals surface area contributed by atoms with Crippen molar-refractivity contribution in [2.45, 2.75) is 31.9 Å². The molecule has 0 aliphatic carbocycles. The maximum Gasteiger partial charge on any atom is 0.138 e. The molecule has 15 heavy (non-hydrogen) atoms. The van der Waals surface area contributed by atoms with Crippen LogP contribution in [0, 0.1) is 0 Å². The van der Waals surface area contributed by atoms with Crippen molar-refractivity contribution in [2.75, 3.05) is 11.5 Å². The summed E-state index contributed by atoms with van der Waals surface area (Å²) >= 11 is 1.92. The van der Waals surface area contributed by atoms with Crippen LogP contribution in [0.1, 0.15) is 31.7 Å². The summed E-state index contributed by atoms with van der Waals surface area (Å²) in [4.78, 5) is 0. The topological polar surface area (TPSA) is 46.2 Å². The summed E-state index contributed by atoms with van der Waals surface area (Å²) in [5.74, 6) is 2.36. The highest BCUT2D eigenvalue weighted by Gasteiger charge is 1.98. The zero-order valence-corrected chi connectivity index (χ0v) is 10.0. The van der Waals surface area contributed by atoms with Crippen LogP contribution in [0.2, 0.25) is 0 Å². The molecular formula is C12H19NOS. The molecule has 3 heteroatoms. The summed E-state index contributed by atoms with van der Waals surface area (Å²) in [6.45, 7) is 2.21. The Bertz CT molecular complexity index is 302. The van der Waals surface area contributed by atoms with Gasteiger partial charge in [-0.15, -0.1) is 0 Å². The van der Waals surface area contributed by atoms with Gasteiger partial charge in [0.2, 0.25) is 0 Å². The first-order chi connectivity index (χ1) is 7.24. The van der Waals surface area contributed by atoms with Gasteiger partial charge >= 0.3 is 0 Å². The summed E-state index contributed by atoms with van der Waals surface area (Å²) in [5.41, 5.74) is 7.27. The Morgan fingerprint density at radius 2 is 2.13 bits per heavy atom. The Kier molecular flexibility index (Phi) is 5.40. The van der Waals surface area contributed by atoms with Crippen molar-refractivity contribution >= 4 is 17.4 Å². The molecule has 0 unspecified atom stereocenters. The molecule has 0 saturated heterocycles. The fourth-order valence-corrected chi connectivity index (χ4v) is 2.31. The van der Waals surface area contributed by atoms with Crippen LogP contribution >= 0.6 is 11.8 Å². The normalized spacial score (nSPS) is 10.5. The fraction of sp³-hybridized carbons (Fsp3) is 0.500. The summed E-state index contributed by atoms with van der Waals surface area (Å²) < 4.78 is 0. The van der Waals surface area contributed by atoms with E-state index in [-0.39, 0.29) is 5.75 Å². The van der Waals surface area contributed by atoms with Crippen molar-refractivity contribution in [3.8, 4) is 5.75 Å². The smallest absolute Gasteiger partial charge is 0.138 e. The number of phenolic OH excluding ortho intramolecular Hbond substituents is 1. The van der Waals surface area contributed by atoms with Gasteiger partial charge in [-0.2, -0.15) is 11.8 Å². The lowest BCUT2D eigenvalue weighted by atomic mass is 10.2. The molecule has 0 aromatic heterocycles. The van der Waals surface area contributed by atoms with Gasteiger partial charge in [-0.3, -0.25) is 0 Å². The third kappa shape index (κ3) is 4.47. The molecule has 0 atom stereocenters. The molecule has 1 aromatic rings. The lowest BCUT2D eigenvalue weighted by Crippen LogP contribution is -1.89. The number of unbranched alkanes of at least 4 members (excludes halogenated alkanes) is 2. The minimum absolute atomic E-state index is 0.176. The Hall–Kier alpha value is -0.830. The quantitative estimate of drug-likeness (QED) is 0.443. The standard InChI is InChI=1S/C12H19NOS/c1-2-3-4-7-15-9-10-5-6-12(14)11(13)8-10/h5-6,8,14H,2-4,7,9,13H2,1H3. The van der Waals surface area contributed by atoms with Gasteiger partial charge in [-0.05, 0) is 29.9 Å². The van der Waals surface area contributed by atoms with Gasteiger partial charge in [0.05, 0.1) is 5.69 Å². The van der Waals surface area contributed by atoms with Crippen LogP contribution < -0.4 is 5.73 Å². The highest BCUT2D eigenvalue weighted by molar-refractivity contribution is 7.98. The molecule has 1 aromatic carbocycles. The second-order valence-corrected chi connectivity index (χ2v) is 4.76. The van der Waals surface area contributed by atoms with Crippen LogP contribution in [0.15, 0.2) is 18.2 Å². The largest absolute Gasteiger partial charge is 0.506 e. The molecule has 3 N–H and O–H groups in total. The Balaban J connectivity index is 2.28. The lowest BCUT2D eigenvalue weighted by Gasteiger charge is -2.04. The number of rotatable bonds is 6. The molecule has 1 rings (SSSR count). The number of benzene rings is 1. The van der Waals surface area contributed by atoms with E-state index in [1.165, 1.54) is 30.6 Å². The maximum absolute atomic E-state index is 9.25. The van der Waals surface area contributed by atoms with E-state index in [0.717, 1.165) is 5.75 Å². The number of aromatic hydroxyl groups is 1. The second kappa shape index (κ2) is 6.62. The van der Waals surface area contributed by atoms with Crippen LogP contribution in [-0.2, 0) is 5.75 Å². The van der Waals surface area contributed by atoms with E-state index in [1.54, 1.807) is 6.07 Å². The molecule has 0 aliphatic heterocycles. The zero-order chi connectivity index (χ0) is 11.1. The molecule has 0 amide bonds.